The molecule has 1 fully saturated rings. The van der Waals surface area contributed by atoms with E-state index in [4.69, 9.17) is 0 Å². The summed E-state index contributed by atoms with van der Waals surface area (Å²) < 4.78 is 2.09. The maximum atomic E-state index is 4.64. The standard InChI is InChI=1S/C13H23N3/c1-10-5-7-11(8-6-10)16-9-14-12(15-16)13(2,3)4/h9-11H,5-8H2,1-4H3. The minimum Gasteiger partial charge on any atom is -0.250 e. The van der Waals surface area contributed by atoms with Crippen molar-refractivity contribution in [3.05, 3.63) is 12.2 Å². The van der Waals surface area contributed by atoms with E-state index in [1.54, 1.807) is 0 Å². The molecule has 1 saturated carbocycles. The average molecular weight is 221 g/mol. The molecule has 0 amide bonds. The summed E-state index contributed by atoms with van der Waals surface area (Å²) in [4.78, 5) is 4.43. The van der Waals surface area contributed by atoms with Crippen LogP contribution in [0.3, 0.4) is 0 Å². The van der Waals surface area contributed by atoms with Gasteiger partial charge >= 0.3 is 0 Å². The SMILES string of the molecule is CC1CCC(n2cnc(C(C)(C)C)n2)CC1. The number of aromatic nitrogens is 3. The summed E-state index contributed by atoms with van der Waals surface area (Å²) in [6.07, 6.45) is 7.09. The highest BCUT2D eigenvalue weighted by Crippen LogP contribution is 2.31. The fourth-order valence-electron chi connectivity index (χ4n) is 2.30. The molecular weight excluding hydrogens is 198 g/mol. The molecule has 90 valence electrons. The summed E-state index contributed by atoms with van der Waals surface area (Å²) in [5.41, 5.74) is 0.0627. The smallest absolute Gasteiger partial charge is 0.155 e. The third-order valence-electron chi connectivity index (χ3n) is 3.54. The van der Waals surface area contributed by atoms with Crippen molar-refractivity contribution >= 4 is 0 Å². The first-order chi connectivity index (χ1) is 7.47. The normalized spacial score (nSPS) is 27.0. The Hall–Kier alpha value is -0.860. The van der Waals surface area contributed by atoms with Crippen molar-refractivity contribution in [3.8, 4) is 0 Å². The van der Waals surface area contributed by atoms with Crippen LogP contribution in [0.25, 0.3) is 0 Å². The van der Waals surface area contributed by atoms with Crippen molar-refractivity contribution in [1.29, 1.82) is 0 Å². The van der Waals surface area contributed by atoms with Gasteiger partial charge in [0.2, 0.25) is 0 Å². The molecule has 0 saturated heterocycles. The third kappa shape index (κ3) is 2.45. The molecule has 2 rings (SSSR count). The van der Waals surface area contributed by atoms with E-state index in [-0.39, 0.29) is 5.41 Å². The molecule has 0 aliphatic heterocycles. The molecule has 3 nitrogen and oxygen atoms in total. The van der Waals surface area contributed by atoms with Gasteiger partial charge < -0.3 is 0 Å². The summed E-state index contributed by atoms with van der Waals surface area (Å²) in [7, 11) is 0. The Morgan fingerprint density at radius 1 is 1.19 bits per heavy atom. The van der Waals surface area contributed by atoms with Crippen LogP contribution in [-0.2, 0) is 5.41 Å². The molecule has 0 unspecified atom stereocenters. The lowest BCUT2D eigenvalue weighted by Gasteiger charge is -2.26. The van der Waals surface area contributed by atoms with Crippen LogP contribution in [0.15, 0.2) is 6.33 Å². The van der Waals surface area contributed by atoms with E-state index in [2.05, 4.69) is 42.5 Å². The van der Waals surface area contributed by atoms with Crippen molar-refractivity contribution in [3.63, 3.8) is 0 Å². The van der Waals surface area contributed by atoms with Crippen LogP contribution in [-0.4, -0.2) is 14.8 Å². The maximum absolute atomic E-state index is 4.64. The second kappa shape index (κ2) is 4.19. The van der Waals surface area contributed by atoms with Crippen molar-refractivity contribution in [2.75, 3.05) is 0 Å². The van der Waals surface area contributed by atoms with Gasteiger partial charge in [-0.05, 0) is 31.6 Å². The van der Waals surface area contributed by atoms with E-state index in [1.165, 1.54) is 25.7 Å². The molecule has 0 radical (unpaired) electrons. The molecule has 1 aromatic rings. The zero-order valence-corrected chi connectivity index (χ0v) is 10.9. The molecular formula is C13H23N3. The monoisotopic (exact) mass is 221 g/mol. The van der Waals surface area contributed by atoms with E-state index < -0.39 is 0 Å². The van der Waals surface area contributed by atoms with Gasteiger partial charge in [0.1, 0.15) is 6.33 Å². The van der Waals surface area contributed by atoms with E-state index >= 15 is 0 Å². The molecule has 3 heteroatoms. The van der Waals surface area contributed by atoms with Gasteiger partial charge in [-0.3, -0.25) is 0 Å². The Balaban J connectivity index is 2.08. The zero-order chi connectivity index (χ0) is 11.8. The lowest BCUT2D eigenvalue weighted by molar-refractivity contribution is 0.271. The molecule has 1 aliphatic carbocycles. The first-order valence-electron chi connectivity index (χ1n) is 6.38. The second-order valence-corrected chi connectivity index (χ2v) is 6.21. The molecule has 0 spiro atoms. The predicted octanol–water partition coefficient (Wildman–Crippen LogP) is 3.33. The van der Waals surface area contributed by atoms with Crippen molar-refractivity contribution in [2.24, 2.45) is 5.92 Å². The fourth-order valence-corrected chi connectivity index (χ4v) is 2.30. The topological polar surface area (TPSA) is 30.7 Å². The zero-order valence-electron chi connectivity index (χ0n) is 10.9. The quantitative estimate of drug-likeness (QED) is 0.728. The fraction of sp³-hybridized carbons (Fsp3) is 0.846. The Morgan fingerprint density at radius 2 is 1.81 bits per heavy atom. The van der Waals surface area contributed by atoms with Crippen LogP contribution >= 0.6 is 0 Å². The van der Waals surface area contributed by atoms with Crippen LogP contribution in [0.2, 0.25) is 0 Å². The summed E-state index contributed by atoms with van der Waals surface area (Å²) in [6.45, 7) is 8.83. The van der Waals surface area contributed by atoms with Gasteiger partial charge in [-0.2, -0.15) is 5.10 Å². The predicted molar refractivity (Wildman–Crippen MR) is 65.4 cm³/mol. The van der Waals surface area contributed by atoms with Crippen LogP contribution in [0, 0.1) is 5.92 Å². The molecule has 1 heterocycles. The van der Waals surface area contributed by atoms with Gasteiger partial charge in [-0.1, -0.05) is 27.7 Å². The van der Waals surface area contributed by atoms with Gasteiger partial charge in [0.25, 0.3) is 0 Å². The number of hydrogen-bond donors (Lipinski definition) is 0. The number of hydrogen-bond acceptors (Lipinski definition) is 2. The van der Waals surface area contributed by atoms with E-state index in [0.717, 1.165) is 11.7 Å². The van der Waals surface area contributed by atoms with Crippen molar-refractivity contribution in [1.82, 2.24) is 14.8 Å². The Kier molecular flexibility index (Phi) is 3.04. The van der Waals surface area contributed by atoms with Crippen LogP contribution in [0.5, 0.6) is 0 Å². The van der Waals surface area contributed by atoms with Crippen LogP contribution in [0.4, 0.5) is 0 Å². The van der Waals surface area contributed by atoms with E-state index in [1.807, 2.05) is 6.33 Å². The summed E-state index contributed by atoms with van der Waals surface area (Å²) in [6, 6.07) is 0.583. The molecule has 1 aliphatic rings. The molecule has 16 heavy (non-hydrogen) atoms. The van der Waals surface area contributed by atoms with Gasteiger partial charge in [-0.15, -0.1) is 0 Å². The van der Waals surface area contributed by atoms with Crippen molar-refractivity contribution < 1.29 is 0 Å². The Labute approximate surface area is 98.3 Å². The van der Waals surface area contributed by atoms with Gasteiger partial charge in [0, 0.05) is 5.41 Å². The average Bonchev–Trinajstić information content (AvgIpc) is 2.67. The van der Waals surface area contributed by atoms with Crippen LogP contribution < -0.4 is 0 Å². The Bertz CT molecular complexity index is 340. The summed E-state index contributed by atoms with van der Waals surface area (Å²) in [5, 5.41) is 4.64. The van der Waals surface area contributed by atoms with Gasteiger partial charge in [-0.25, -0.2) is 9.67 Å². The lowest BCUT2D eigenvalue weighted by atomic mass is 9.87. The van der Waals surface area contributed by atoms with E-state index in [9.17, 15) is 0 Å². The molecule has 0 bridgehead atoms. The summed E-state index contributed by atoms with van der Waals surface area (Å²) in [5.74, 6) is 1.85. The second-order valence-electron chi connectivity index (χ2n) is 6.21. The highest BCUT2D eigenvalue weighted by Gasteiger charge is 2.23. The maximum Gasteiger partial charge on any atom is 0.155 e. The van der Waals surface area contributed by atoms with Gasteiger partial charge in [0.15, 0.2) is 5.82 Å². The molecule has 0 atom stereocenters. The Morgan fingerprint density at radius 3 is 2.31 bits per heavy atom. The lowest BCUT2D eigenvalue weighted by Crippen LogP contribution is -2.19. The van der Waals surface area contributed by atoms with Crippen LogP contribution in [0.1, 0.15) is 65.2 Å². The van der Waals surface area contributed by atoms with Crippen molar-refractivity contribution in [2.45, 2.75) is 64.8 Å². The minimum atomic E-state index is 0.0627. The molecule has 0 aromatic carbocycles. The third-order valence-corrected chi connectivity index (χ3v) is 3.54. The number of rotatable bonds is 1. The first-order valence-corrected chi connectivity index (χ1v) is 6.38. The summed E-state index contributed by atoms with van der Waals surface area (Å²) >= 11 is 0. The number of nitrogens with zero attached hydrogens (tertiary/aromatic N) is 3. The highest BCUT2D eigenvalue weighted by atomic mass is 15.3. The molecule has 0 N–H and O–H groups in total. The van der Waals surface area contributed by atoms with Gasteiger partial charge in [0.05, 0.1) is 6.04 Å². The highest BCUT2D eigenvalue weighted by molar-refractivity contribution is 4.99. The largest absolute Gasteiger partial charge is 0.250 e. The first kappa shape index (κ1) is 11.6. The van der Waals surface area contributed by atoms with E-state index in [0.29, 0.717) is 6.04 Å². The molecule has 1 aromatic heterocycles. The minimum absolute atomic E-state index is 0.0627.